The van der Waals surface area contributed by atoms with Gasteiger partial charge in [0, 0.05) is 0 Å². The fourth-order valence-electron chi connectivity index (χ4n) is 2.59. The van der Waals surface area contributed by atoms with Crippen LogP contribution in [0, 0.1) is 0 Å². The molecule has 2 aromatic carbocycles. The van der Waals surface area contributed by atoms with Crippen molar-refractivity contribution in [3.63, 3.8) is 0 Å². The van der Waals surface area contributed by atoms with Crippen molar-refractivity contribution in [1.29, 1.82) is 0 Å². The zero-order valence-corrected chi connectivity index (χ0v) is 18.4. The van der Waals surface area contributed by atoms with Crippen molar-refractivity contribution in [2.24, 2.45) is 10.2 Å². The van der Waals surface area contributed by atoms with Gasteiger partial charge in [0.05, 0.1) is 0 Å². The summed E-state index contributed by atoms with van der Waals surface area (Å²) in [5.74, 6) is 0. The van der Waals surface area contributed by atoms with Crippen LogP contribution in [-0.2, 0) is 0 Å². The molecule has 0 aromatic heterocycles. The van der Waals surface area contributed by atoms with Gasteiger partial charge in [-0.1, -0.05) is 0 Å². The number of hydrogen-bond acceptors (Lipinski definition) is 2. The molecule has 0 fully saturated rings. The molecule has 2 rings (SSSR count). The van der Waals surface area contributed by atoms with Crippen LogP contribution in [-0.4, -0.2) is 43.0 Å². The van der Waals surface area contributed by atoms with Gasteiger partial charge in [0.1, 0.15) is 0 Å². The summed E-state index contributed by atoms with van der Waals surface area (Å²) in [5.41, 5.74) is 17.4. The van der Waals surface area contributed by atoms with E-state index >= 15 is 0 Å². The third kappa shape index (κ3) is 9.03. The number of azide groups is 2. The molecule has 0 aliphatic carbocycles. The summed E-state index contributed by atoms with van der Waals surface area (Å²) in [6.07, 6.45) is 3.12. The predicted octanol–water partition coefficient (Wildman–Crippen LogP) is 4.41. The van der Waals surface area contributed by atoms with E-state index in [1.807, 2.05) is 12.1 Å². The van der Waals surface area contributed by atoms with E-state index in [0.29, 0.717) is 52.6 Å². The molecule has 0 amide bonds. The monoisotopic (exact) mass is 494 g/mol. The number of hydrogen-bond donors (Lipinski definition) is 0. The minimum atomic E-state index is 0.292. The van der Waals surface area contributed by atoms with Crippen molar-refractivity contribution in [2.75, 3.05) is 13.1 Å². The van der Waals surface area contributed by atoms with Crippen LogP contribution < -0.4 is 8.92 Å². The Morgan fingerprint density at radius 3 is 1.48 bits per heavy atom. The van der Waals surface area contributed by atoms with Crippen molar-refractivity contribution >= 4 is 38.8 Å². The second-order valence-corrected chi connectivity index (χ2v) is 11.6. The molecule has 0 spiro atoms. The Labute approximate surface area is 172 Å². The molecule has 0 N–H and O–H groups in total. The molecule has 2 unspecified atom stereocenters. The first-order valence-corrected chi connectivity index (χ1v) is 12.5. The molecule has 27 heavy (non-hydrogen) atoms. The molecule has 2 aromatic rings. The topological polar surface area (TPSA) is 97.5 Å². The molecule has 0 bridgehead atoms. The second kappa shape index (κ2) is 13.3. The third-order valence-corrected chi connectivity index (χ3v) is 9.14. The molecule has 140 valence electrons. The van der Waals surface area contributed by atoms with E-state index in [1.165, 1.54) is 8.92 Å². The minimum absolute atomic E-state index is 0.292. The van der Waals surface area contributed by atoms with Crippen molar-refractivity contribution in [2.45, 2.75) is 28.9 Å². The third-order valence-electron chi connectivity index (χ3n) is 3.84. The quantitative estimate of drug-likeness (QED) is 0.182. The van der Waals surface area contributed by atoms with Crippen molar-refractivity contribution in [1.82, 2.24) is 0 Å². The second-order valence-electron chi connectivity index (χ2n) is 5.86. The van der Waals surface area contributed by atoms with Crippen LogP contribution >= 0.6 is 0 Å². The Morgan fingerprint density at radius 2 is 1.11 bits per heavy atom. The summed E-state index contributed by atoms with van der Waals surface area (Å²) in [6.45, 7) is 1.10. The summed E-state index contributed by atoms with van der Waals surface area (Å²) in [5, 5.41) is 7.63. The summed E-state index contributed by atoms with van der Waals surface area (Å²) < 4.78 is 2.67. The zero-order chi connectivity index (χ0) is 19.2. The summed E-state index contributed by atoms with van der Waals surface area (Å²) in [6, 6.07) is 20.8. The van der Waals surface area contributed by atoms with E-state index in [0.717, 1.165) is 19.3 Å². The normalized spacial score (nSPS) is 12.4. The van der Waals surface area contributed by atoms with Gasteiger partial charge in [-0.05, 0) is 0 Å². The molecular weight excluding hydrogens is 470 g/mol. The van der Waals surface area contributed by atoms with Crippen LogP contribution in [0.2, 0.25) is 9.63 Å². The maximum atomic E-state index is 8.68. The van der Waals surface area contributed by atoms with Gasteiger partial charge in [-0.3, -0.25) is 0 Å². The molecule has 0 radical (unpaired) electrons. The van der Waals surface area contributed by atoms with E-state index < -0.39 is 0 Å². The Bertz CT molecular complexity index is 693. The van der Waals surface area contributed by atoms with Crippen LogP contribution in [0.3, 0.4) is 0 Å². The van der Waals surface area contributed by atoms with Gasteiger partial charge in [0.25, 0.3) is 0 Å². The molecule has 0 aliphatic rings. The van der Waals surface area contributed by atoms with E-state index in [9.17, 15) is 0 Å². The summed E-state index contributed by atoms with van der Waals surface area (Å²) in [7, 11) is 0. The molecule has 2 atom stereocenters. The Hall–Kier alpha value is -1.90. The predicted molar refractivity (Wildman–Crippen MR) is 113 cm³/mol. The Balaban J connectivity index is 1.90. The zero-order valence-electron chi connectivity index (χ0n) is 15.0. The van der Waals surface area contributed by atoms with Crippen LogP contribution in [0.15, 0.2) is 70.9 Å². The molecule has 0 saturated carbocycles. The van der Waals surface area contributed by atoms with E-state index in [-0.39, 0.29) is 0 Å². The van der Waals surface area contributed by atoms with E-state index in [2.05, 4.69) is 68.6 Å². The van der Waals surface area contributed by atoms with Crippen molar-refractivity contribution in [3.05, 3.63) is 81.5 Å². The maximum absolute atomic E-state index is 8.68. The van der Waals surface area contributed by atoms with Crippen LogP contribution in [0.25, 0.3) is 20.9 Å². The first kappa shape index (κ1) is 21.4. The van der Waals surface area contributed by atoms with Crippen LogP contribution in [0.1, 0.15) is 19.3 Å². The standard InChI is InChI=1S/C19H22N6Se2/c20-24-22-14-18(26-16-8-3-1-4-9-16)12-7-13-19(15-23-25-21)27-17-10-5-2-6-11-17/h1-6,8-11,18-19H,7,12-15H2. The number of nitrogens with zero attached hydrogens (tertiary/aromatic N) is 6. The number of rotatable bonds is 12. The SMILES string of the molecule is [N-]=[N+]=NCC(CCCC(CN=[N+]=[N-])[Se]c1ccccc1)[Se]c1ccccc1. The van der Waals surface area contributed by atoms with E-state index in [4.69, 9.17) is 11.1 Å². The van der Waals surface area contributed by atoms with Crippen LogP contribution in [0.5, 0.6) is 0 Å². The molecule has 0 saturated heterocycles. The molecule has 0 heterocycles. The molecule has 6 nitrogen and oxygen atoms in total. The van der Waals surface area contributed by atoms with Gasteiger partial charge >= 0.3 is 173 Å². The average Bonchev–Trinajstić information content (AvgIpc) is 2.71. The van der Waals surface area contributed by atoms with Crippen LogP contribution in [0.4, 0.5) is 0 Å². The van der Waals surface area contributed by atoms with Gasteiger partial charge in [0.15, 0.2) is 0 Å². The Kier molecular flexibility index (Phi) is 10.5. The van der Waals surface area contributed by atoms with Crippen molar-refractivity contribution < 1.29 is 0 Å². The summed E-state index contributed by atoms with van der Waals surface area (Å²) >= 11 is 0.584. The van der Waals surface area contributed by atoms with Gasteiger partial charge in [0.2, 0.25) is 0 Å². The Morgan fingerprint density at radius 1 is 0.704 bits per heavy atom. The fraction of sp³-hybridized carbons (Fsp3) is 0.368. The number of benzene rings is 2. The average molecular weight is 492 g/mol. The van der Waals surface area contributed by atoms with Gasteiger partial charge in [-0.15, -0.1) is 0 Å². The first-order valence-electron chi connectivity index (χ1n) is 8.77. The fourth-order valence-corrected chi connectivity index (χ4v) is 7.31. The first-order chi connectivity index (χ1) is 13.3. The van der Waals surface area contributed by atoms with Gasteiger partial charge in [-0.2, -0.15) is 0 Å². The van der Waals surface area contributed by atoms with Crippen molar-refractivity contribution in [3.8, 4) is 0 Å². The summed E-state index contributed by atoms with van der Waals surface area (Å²) in [4.78, 5) is 6.68. The molecule has 8 heteroatoms. The van der Waals surface area contributed by atoms with Gasteiger partial charge in [-0.25, -0.2) is 0 Å². The van der Waals surface area contributed by atoms with E-state index in [1.54, 1.807) is 0 Å². The molecule has 0 aliphatic heterocycles. The van der Waals surface area contributed by atoms with Gasteiger partial charge < -0.3 is 0 Å². The molecular formula is C19H22N6Se2.